The van der Waals surface area contributed by atoms with Gasteiger partial charge in [-0.15, -0.1) is 0 Å². The van der Waals surface area contributed by atoms with Gasteiger partial charge in [0.05, 0.1) is 25.5 Å². The number of rotatable bonds is 4. The van der Waals surface area contributed by atoms with Crippen LogP contribution in [0, 0.1) is 0 Å². The van der Waals surface area contributed by atoms with Gasteiger partial charge in [-0.1, -0.05) is 18.2 Å². The number of pyridine rings is 1. The third-order valence-corrected chi connectivity index (χ3v) is 3.68. The maximum absolute atomic E-state index is 11.5. The van der Waals surface area contributed by atoms with Crippen LogP contribution in [-0.4, -0.2) is 30.3 Å². The summed E-state index contributed by atoms with van der Waals surface area (Å²) in [6.45, 7) is 0. The van der Waals surface area contributed by atoms with Crippen LogP contribution in [0.1, 0.15) is 10.4 Å². The summed E-state index contributed by atoms with van der Waals surface area (Å²) in [6.07, 6.45) is 1.65. The molecule has 1 aromatic heterocycles. The van der Waals surface area contributed by atoms with Gasteiger partial charge in [-0.2, -0.15) is 0 Å². The molecule has 0 aliphatic rings. The maximum Gasteiger partial charge on any atom is 0.336 e. The van der Waals surface area contributed by atoms with Crippen LogP contribution in [0.3, 0.4) is 0 Å². The van der Waals surface area contributed by atoms with E-state index >= 15 is 0 Å². The van der Waals surface area contributed by atoms with E-state index in [0.717, 1.165) is 10.8 Å². The highest BCUT2D eigenvalue weighted by atomic mass is 16.5. The number of fused-ring (bicyclic) bond motifs is 1. The molecule has 0 saturated heterocycles. The van der Waals surface area contributed by atoms with E-state index in [4.69, 9.17) is 9.47 Å². The van der Waals surface area contributed by atoms with Gasteiger partial charge in [0.1, 0.15) is 0 Å². The van der Waals surface area contributed by atoms with Gasteiger partial charge < -0.3 is 14.6 Å². The standard InChI is InChI=1S/C18H15NO4/c1-22-15-9-11-7-8-19-17(14(11)10-16(15)23-2)12-5-3-4-6-13(12)18(20)21/h3-10H,1-2H3,(H,20,21). The summed E-state index contributed by atoms with van der Waals surface area (Å²) in [5.74, 6) is 0.200. The van der Waals surface area contributed by atoms with Crippen molar-refractivity contribution >= 4 is 16.7 Å². The highest BCUT2D eigenvalue weighted by molar-refractivity contribution is 6.02. The topological polar surface area (TPSA) is 68.7 Å². The van der Waals surface area contributed by atoms with Gasteiger partial charge in [0.15, 0.2) is 11.5 Å². The Balaban J connectivity index is 2.33. The van der Waals surface area contributed by atoms with Crippen LogP contribution in [0.5, 0.6) is 11.5 Å². The molecule has 2 aromatic carbocycles. The molecule has 0 aliphatic heterocycles. The molecule has 0 saturated carbocycles. The van der Waals surface area contributed by atoms with E-state index in [1.807, 2.05) is 18.2 Å². The zero-order valence-electron chi connectivity index (χ0n) is 12.7. The molecule has 0 atom stereocenters. The van der Waals surface area contributed by atoms with E-state index in [2.05, 4.69) is 4.98 Å². The number of hydrogen-bond acceptors (Lipinski definition) is 4. The van der Waals surface area contributed by atoms with E-state index in [9.17, 15) is 9.90 Å². The van der Waals surface area contributed by atoms with E-state index in [0.29, 0.717) is 22.8 Å². The van der Waals surface area contributed by atoms with Gasteiger partial charge in [0, 0.05) is 17.1 Å². The van der Waals surface area contributed by atoms with Crippen molar-refractivity contribution in [2.75, 3.05) is 14.2 Å². The van der Waals surface area contributed by atoms with Crippen LogP contribution < -0.4 is 9.47 Å². The minimum Gasteiger partial charge on any atom is -0.493 e. The van der Waals surface area contributed by atoms with Crippen molar-refractivity contribution < 1.29 is 19.4 Å². The molecule has 0 unspecified atom stereocenters. The minimum absolute atomic E-state index is 0.210. The van der Waals surface area contributed by atoms with Crippen molar-refractivity contribution in [1.82, 2.24) is 4.98 Å². The minimum atomic E-state index is -0.986. The number of aromatic carboxylic acids is 1. The lowest BCUT2D eigenvalue weighted by atomic mass is 9.99. The molecule has 0 spiro atoms. The van der Waals surface area contributed by atoms with Gasteiger partial charge in [-0.05, 0) is 29.7 Å². The molecule has 3 rings (SSSR count). The Kier molecular flexibility index (Phi) is 3.85. The van der Waals surface area contributed by atoms with Crippen molar-refractivity contribution in [3.8, 4) is 22.8 Å². The predicted octanol–water partition coefficient (Wildman–Crippen LogP) is 3.62. The summed E-state index contributed by atoms with van der Waals surface area (Å²) in [6, 6.07) is 12.3. The second-order valence-corrected chi connectivity index (χ2v) is 4.94. The fourth-order valence-electron chi connectivity index (χ4n) is 2.59. The Bertz CT molecular complexity index is 889. The lowest BCUT2D eigenvalue weighted by Gasteiger charge is -2.12. The number of carboxylic acids is 1. The molecule has 1 heterocycles. The average molecular weight is 309 g/mol. The lowest BCUT2D eigenvalue weighted by Crippen LogP contribution is -2.00. The van der Waals surface area contributed by atoms with Crippen LogP contribution in [0.15, 0.2) is 48.7 Å². The zero-order chi connectivity index (χ0) is 16.4. The molecular formula is C18H15NO4. The van der Waals surface area contributed by atoms with Crippen LogP contribution in [0.4, 0.5) is 0 Å². The van der Waals surface area contributed by atoms with Gasteiger partial charge in [-0.25, -0.2) is 4.79 Å². The van der Waals surface area contributed by atoms with Crippen LogP contribution in [0.25, 0.3) is 22.0 Å². The number of methoxy groups -OCH3 is 2. The highest BCUT2D eigenvalue weighted by Crippen LogP contribution is 2.36. The molecule has 0 radical (unpaired) electrons. The Labute approximate surface area is 133 Å². The Morgan fingerprint density at radius 1 is 1.04 bits per heavy atom. The lowest BCUT2D eigenvalue weighted by molar-refractivity contribution is 0.0697. The highest BCUT2D eigenvalue weighted by Gasteiger charge is 2.16. The summed E-state index contributed by atoms with van der Waals surface area (Å²) in [7, 11) is 3.14. The van der Waals surface area contributed by atoms with E-state index in [-0.39, 0.29) is 5.56 Å². The SMILES string of the molecule is COc1cc2ccnc(-c3ccccc3C(=O)O)c2cc1OC. The summed E-state index contributed by atoms with van der Waals surface area (Å²) in [5, 5.41) is 11.1. The van der Waals surface area contributed by atoms with Crippen LogP contribution in [-0.2, 0) is 0 Å². The van der Waals surface area contributed by atoms with E-state index < -0.39 is 5.97 Å². The molecule has 5 heteroatoms. The third kappa shape index (κ3) is 2.57. The van der Waals surface area contributed by atoms with Crippen molar-refractivity contribution in [1.29, 1.82) is 0 Å². The molecule has 0 fully saturated rings. The normalized spacial score (nSPS) is 10.5. The molecule has 0 aliphatic carbocycles. The molecule has 1 N–H and O–H groups in total. The number of ether oxygens (including phenoxy) is 2. The number of aromatic nitrogens is 1. The zero-order valence-corrected chi connectivity index (χ0v) is 12.7. The number of hydrogen-bond donors (Lipinski definition) is 1. The van der Waals surface area contributed by atoms with E-state index in [1.54, 1.807) is 44.7 Å². The van der Waals surface area contributed by atoms with Gasteiger partial charge in [-0.3, -0.25) is 4.98 Å². The number of carbonyl (C=O) groups is 1. The first-order chi connectivity index (χ1) is 11.2. The quantitative estimate of drug-likeness (QED) is 0.797. The van der Waals surface area contributed by atoms with Crippen molar-refractivity contribution in [3.63, 3.8) is 0 Å². The molecule has 23 heavy (non-hydrogen) atoms. The first-order valence-electron chi connectivity index (χ1n) is 6.99. The Hall–Kier alpha value is -3.08. The second kappa shape index (κ2) is 5.96. The fourth-order valence-corrected chi connectivity index (χ4v) is 2.59. The molecule has 0 bridgehead atoms. The fraction of sp³-hybridized carbons (Fsp3) is 0.111. The smallest absolute Gasteiger partial charge is 0.336 e. The van der Waals surface area contributed by atoms with Crippen molar-refractivity contribution in [2.24, 2.45) is 0 Å². The Morgan fingerprint density at radius 3 is 2.43 bits per heavy atom. The van der Waals surface area contributed by atoms with Crippen molar-refractivity contribution in [2.45, 2.75) is 0 Å². The Morgan fingerprint density at radius 2 is 1.74 bits per heavy atom. The van der Waals surface area contributed by atoms with Gasteiger partial charge in [0.25, 0.3) is 0 Å². The summed E-state index contributed by atoms with van der Waals surface area (Å²) < 4.78 is 10.7. The van der Waals surface area contributed by atoms with Gasteiger partial charge in [0.2, 0.25) is 0 Å². The van der Waals surface area contributed by atoms with Crippen LogP contribution in [0.2, 0.25) is 0 Å². The summed E-state index contributed by atoms with van der Waals surface area (Å²) in [5.41, 5.74) is 1.38. The molecule has 0 amide bonds. The van der Waals surface area contributed by atoms with Crippen molar-refractivity contribution in [3.05, 3.63) is 54.2 Å². The largest absolute Gasteiger partial charge is 0.493 e. The van der Waals surface area contributed by atoms with E-state index in [1.165, 1.54) is 0 Å². The number of benzene rings is 2. The third-order valence-electron chi connectivity index (χ3n) is 3.68. The molecule has 3 aromatic rings. The summed E-state index contributed by atoms with van der Waals surface area (Å²) >= 11 is 0. The predicted molar refractivity (Wildman–Crippen MR) is 87.2 cm³/mol. The molecule has 5 nitrogen and oxygen atoms in total. The number of nitrogens with zero attached hydrogens (tertiary/aromatic N) is 1. The van der Waals surface area contributed by atoms with Crippen LogP contribution >= 0.6 is 0 Å². The summed E-state index contributed by atoms with van der Waals surface area (Å²) in [4.78, 5) is 15.9. The maximum atomic E-state index is 11.5. The molecule has 116 valence electrons. The first-order valence-corrected chi connectivity index (χ1v) is 6.99. The monoisotopic (exact) mass is 309 g/mol. The molecular weight excluding hydrogens is 294 g/mol. The first kappa shape index (κ1) is 14.8. The average Bonchev–Trinajstić information content (AvgIpc) is 2.59. The van der Waals surface area contributed by atoms with Gasteiger partial charge >= 0.3 is 5.97 Å². The second-order valence-electron chi connectivity index (χ2n) is 4.94. The number of carboxylic acid groups (broad SMARTS) is 1.